The van der Waals surface area contributed by atoms with Crippen molar-refractivity contribution < 1.29 is 14.3 Å². The largest absolute Gasteiger partial charge is 0.388 e. The van der Waals surface area contributed by atoms with E-state index in [1.807, 2.05) is 0 Å². The Bertz CT molecular complexity index is 604. The number of anilines is 1. The number of hydrogen-bond donors (Lipinski definition) is 2. The van der Waals surface area contributed by atoms with Gasteiger partial charge in [-0.3, -0.25) is 4.79 Å². The molecule has 2 rings (SSSR count). The van der Waals surface area contributed by atoms with Gasteiger partial charge in [0.1, 0.15) is 10.4 Å². The molecule has 2 aromatic rings. The van der Waals surface area contributed by atoms with Crippen molar-refractivity contribution in [3.8, 4) is 0 Å². The van der Waals surface area contributed by atoms with E-state index in [0.717, 1.165) is 0 Å². The summed E-state index contributed by atoms with van der Waals surface area (Å²) >= 11 is 3.19. The molecule has 0 fully saturated rings. The minimum atomic E-state index is -1.05. The number of carbonyl (C=O) groups excluding carboxylic acids is 1. The molecule has 0 saturated carbocycles. The van der Waals surface area contributed by atoms with Crippen molar-refractivity contribution in [1.82, 2.24) is 4.98 Å². The predicted molar refractivity (Wildman–Crippen MR) is 76.5 cm³/mol. The van der Waals surface area contributed by atoms with E-state index in [1.165, 1.54) is 24.4 Å². The van der Waals surface area contributed by atoms with Gasteiger partial charge in [0.25, 0.3) is 0 Å². The number of aromatic nitrogens is 1. The maximum absolute atomic E-state index is 13.0. The third-order valence-corrected chi connectivity index (χ3v) is 3.09. The zero-order chi connectivity index (χ0) is 14.5. The van der Waals surface area contributed by atoms with Gasteiger partial charge in [-0.25, -0.2) is 9.37 Å². The Morgan fingerprint density at radius 1 is 1.40 bits per heavy atom. The predicted octanol–water partition coefficient (Wildman–Crippen LogP) is 3.05. The molecule has 1 heterocycles. The van der Waals surface area contributed by atoms with Crippen molar-refractivity contribution in [3.63, 3.8) is 0 Å². The van der Waals surface area contributed by atoms with Crippen molar-refractivity contribution in [2.24, 2.45) is 0 Å². The number of halogens is 2. The Balaban J connectivity index is 1.95. The molecule has 0 spiro atoms. The zero-order valence-electron chi connectivity index (χ0n) is 10.4. The Hall–Kier alpha value is -1.79. The summed E-state index contributed by atoms with van der Waals surface area (Å²) in [5, 5.41) is 12.5. The first-order valence-corrected chi connectivity index (χ1v) is 6.69. The highest BCUT2D eigenvalue weighted by atomic mass is 79.9. The number of rotatable bonds is 4. The van der Waals surface area contributed by atoms with Crippen LogP contribution in [0.3, 0.4) is 0 Å². The molecule has 4 nitrogen and oxygen atoms in total. The maximum atomic E-state index is 13.0. The molecule has 104 valence electrons. The average Bonchev–Trinajstić information content (AvgIpc) is 2.41. The molecule has 1 aromatic heterocycles. The van der Waals surface area contributed by atoms with Gasteiger partial charge in [-0.2, -0.15) is 0 Å². The molecule has 0 aliphatic rings. The fourth-order valence-electron chi connectivity index (χ4n) is 1.67. The summed E-state index contributed by atoms with van der Waals surface area (Å²) in [6, 6.07) is 8.93. The summed E-state index contributed by atoms with van der Waals surface area (Å²) in [5.41, 5.74) is 0.902. The van der Waals surface area contributed by atoms with E-state index in [9.17, 15) is 14.3 Å². The lowest BCUT2D eigenvalue weighted by atomic mass is 10.1. The standard InChI is InChI=1S/C14H12BrFN2O2/c15-13-5-4-11(8-17-13)18-14(20)7-12(19)9-2-1-3-10(16)6-9/h1-6,8,12,19H,7H2,(H,18,20). The summed E-state index contributed by atoms with van der Waals surface area (Å²) in [6.45, 7) is 0. The van der Waals surface area contributed by atoms with E-state index < -0.39 is 11.9 Å². The van der Waals surface area contributed by atoms with E-state index in [1.54, 1.807) is 18.2 Å². The van der Waals surface area contributed by atoms with Crippen LogP contribution in [0.25, 0.3) is 0 Å². The van der Waals surface area contributed by atoms with Crippen LogP contribution in [0.5, 0.6) is 0 Å². The van der Waals surface area contributed by atoms with Crippen LogP contribution in [0.2, 0.25) is 0 Å². The lowest BCUT2D eigenvalue weighted by molar-refractivity contribution is -0.118. The van der Waals surface area contributed by atoms with Gasteiger partial charge in [0.15, 0.2) is 0 Å². The molecule has 0 aliphatic carbocycles. The molecular formula is C14H12BrFN2O2. The van der Waals surface area contributed by atoms with Gasteiger partial charge in [-0.05, 0) is 45.8 Å². The first-order valence-electron chi connectivity index (χ1n) is 5.89. The van der Waals surface area contributed by atoms with Gasteiger partial charge in [0, 0.05) is 0 Å². The molecule has 1 aromatic carbocycles. The number of nitrogens with zero attached hydrogens (tertiary/aromatic N) is 1. The zero-order valence-corrected chi connectivity index (χ0v) is 12.0. The van der Waals surface area contributed by atoms with Crippen LogP contribution >= 0.6 is 15.9 Å². The summed E-state index contributed by atoms with van der Waals surface area (Å²) in [5.74, 6) is -0.815. The lowest BCUT2D eigenvalue weighted by Crippen LogP contribution is -2.15. The number of aliphatic hydroxyl groups is 1. The third kappa shape index (κ3) is 4.11. The molecule has 0 aliphatic heterocycles. The average molecular weight is 339 g/mol. The van der Waals surface area contributed by atoms with Crippen molar-refractivity contribution in [3.05, 3.63) is 58.6 Å². The number of carbonyl (C=O) groups is 1. The van der Waals surface area contributed by atoms with Gasteiger partial charge in [0.05, 0.1) is 24.4 Å². The second kappa shape index (κ2) is 6.58. The molecule has 0 saturated heterocycles. The first-order chi connectivity index (χ1) is 9.54. The number of hydrogen-bond acceptors (Lipinski definition) is 3. The summed E-state index contributed by atoms with van der Waals surface area (Å²) in [4.78, 5) is 15.7. The minimum absolute atomic E-state index is 0.153. The second-order valence-electron chi connectivity index (χ2n) is 4.19. The van der Waals surface area contributed by atoms with E-state index in [0.29, 0.717) is 15.9 Å². The fraction of sp³-hybridized carbons (Fsp3) is 0.143. The van der Waals surface area contributed by atoms with Gasteiger partial charge in [-0.15, -0.1) is 0 Å². The third-order valence-electron chi connectivity index (χ3n) is 2.62. The first kappa shape index (κ1) is 14.6. The SMILES string of the molecule is O=C(CC(O)c1cccc(F)c1)Nc1ccc(Br)nc1. The Kier molecular flexibility index (Phi) is 4.81. The van der Waals surface area contributed by atoms with Crippen LogP contribution in [0.15, 0.2) is 47.2 Å². The Morgan fingerprint density at radius 3 is 2.85 bits per heavy atom. The van der Waals surface area contributed by atoms with Crippen molar-refractivity contribution in [1.29, 1.82) is 0 Å². The number of amides is 1. The van der Waals surface area contributed by atoms with Crippen molar-refractivity contribution in [2.45, 2.75) is 12.5 Å². The molecule has 1 atom stereocenters. The van der Waals surface area contributed by atoms with Gasteiger partial charge in [0.2, 0.25) is 5.91 Å². The smallest absolute Gasteiger partial charge is 0.227 e. The van der Waals surface area contributed by atoms with Crippen LogP contribution in [0.4, 0.5) is 10.1 Å². The van der Waals surface area contributed by atoms with Crippen LogP contribution < -0.4 is 5.32 Å². The summed E-state index contributed by atoms with van der Waals surface area (Å²) in [7, 11) is 0. The monoisotopic (exact) mass is 338 g/mol. The number of pyridine rings is 1. The highest BCUT2D eigenvalue weighted by Gasteiger charge is 2.13. The van der Waals surface area contributed by atoms with Gasteiger partial charge in [-0.1, -0.05) is 12.1 Å². The van der Waals surface area contributed by atoms with E-state index in [4.69, 9.17) is 0 Å². The Morgan fingerprint density at radius 2 is 2.20 bits per heavy atom. The Labute approximate surface area is 123 Å². The van der Waals surface area contributed by atoms with E-state index >= 15 is 0 Å². The van der Waals surface area contributed by atoms with Crippen molar-refractivity contribution >= 4 is 27.5 Å². The molecule has 2 N–H and O–H groups in total. The molecule has 1 amide bonds. The molecule has 1 unspecified atom stereocenters. The number of nitrogens with one attached hydrogen (secondary N) is 1. The highest BCUT2D eigenvalue weighted by Crippen LogP contribution is 2.18. The second-order valence-corrected chi connectivity index (χ2v) is 5.01. The molecule has 20 heavy (non-hydrogen) atoms. The maximum Gasteiger partial charge on any atom is 0.227 e. The highest BCUT2D eigenvalue weighted by molar-refractivity contribution is 9.10. The van der Waals surface area contributed by atoms with Crippen LogP contribution in [-0.4, -0.2) is 16.0 Å². The van der Waals surface area contributed by atoms with Crippen molar-refractivity contribution in [2.75, 3.05) is 5.32 Å². The molecule has 0 bridgehead atoms. The number of aliphatic hydroxyl groups excluding tert-OH is 1. The van der Waals surface area contributed by atoms with Gasteiger partial charge >= 0.3 is 0 Å². The van der Waals surface area contributed by atoms with E-state index in [2.05, 4.69) is 26.2 Å². The van der Waals surface area contributed by atoms with Crippen LogP contribution in [-0.2, 0) is 4.79 Å². The summed E-state index contributed by atoms with van der Waals surface area (Å²) < 4.78 is 13.7. The van der Waals surface area contributed by atoms with E-state index in [-0.39, 0.29) is 12.3 Å². The summed E-state index contributed by atoms with van der Waals surface area (Å²) in [6.07, 6.45) is 0.296. The normalized spacial score (nSPS) is 11.9. The molecule has 6 heteroatoms. The quantitative estimate of drug-likeness (QED) is 0.842. The minimum Gasteiger partial charge on any atom is -0.388 e. The topological polar surface area (TPSA) is 62.2 Å². The van der Waals surface area contributed by atoms with Crippen LogP contribution in [0.1, 0.15) is 18.1 Å². The molecular weight excluding hydrogens is 327 g/mol. The van der Waals surface area contributed by atoms with Crippen LogP contribution in [0, 0.1) is 5.82 Å². The number of benzene rings is 1. The molecule has 0 radical (unpaired) electrons. The lowest BCUT2D eigenvalue weighted by Gasteiger charge is -2.11. The fourth-order valence-corrected chi connectivity index (χ4v) is 1.90. The van der Waals surface area contributed by atoms with Gasteiger partial charge < -0.3 is 10.4 Å².